The quantitative estimate of drug-likeness (QED) is 0.137. The number of rotatable bonds is 13. The Morgan fingerprint density at radius 1 is 0.949 bits per heavy atom. The van der Waals surface area contributed by atoms with E-state index in [1.54, 1.807) is 29.8 Å². The summed E-state index contributed by atoms with van der Waals surface area (Å²) in [5, 5.41) is 12.4. The van der Waals surface area contributed by atoms with E-state index in [2.05, 4.69) is 18.8 Å². The number of hydrogen-bond donors (Lipinski definition) is 1. The van der Waals surface area contributed by atoms with Crippen molar-refractivity contribution in [2.75, 3.05) is 20.3 Å². The molecule has 0 fully saturated rings. The number of nitrogens with zero attached hydrogens (tertiary/aromatic N) is 1. The lowest BCUT2D eigenvalue weighted by atomic mass is 10.0. The van der Waals surface area contributed by atoms with Gasteiger partial charge < -0.3 is 24.1 Å². The molecule has 1 aromatic heterocycles. The number of hydrogen-bond acceptors (Lipinski definition) is 8. The zero-order valence-electron chi connectivity index (χ0n) is 22.4. The van der Waals surface area contributed by atoms with Gasteiger partial charge in [-0.1, -0.05) is 38.5 Å². The van der Waals surface area contributed by atoms with Crippen molar-refractivity contribution in [3.8, 4) is 40.0 Å². The SMILES string of the molecule is CCCc1c(OCCCOc2cc(O)c(-c3cscn3)cc2CC)cccc1Oc1ccccc1C(=O)OC. The average molecular weight is 548 g/mol. The topological polar surface area (TPSA) is 87.1 Å². The minimum absolute atomic E-state index is 0.152. The lowest BCUT2D eigenvalue weighted by molar-refractivity contribution is 0.0598. The Kier molecular flexibility index (Phi) is 9.80. The highest BCUT2D eigenvalue weighted by molar-refractivity contribution is 7.07. The summed E-state index contributed by atoms with van der Waals surface area (Å²) < 4.78 is 23.2. The second-order valence-electron chi connectivity index (χ2n) is 8.83. The highest BCUT2D eigenvalue weighted by Crippen LogP contribution is 2.36. The molecule has 204 valence electrons. The second kappa shape index (κ2) is 13.7. The van der Waals surface area contributed by atoms with Crippen LogP contribution in [0.15, 0.2) is 65.5 Å². The number of para-hydroxylation sites is 1. The van der Waals surface area contributed by atoms with Crippen LogP contribution in [0.2, 0.25) is 0 Å². The van der Waals surface area contributed by atoms with E-state index in [9.17, 15) is 9.90 Å². The van der Waals surface area contributed by atoms with Crippen molar-refractivity contribution < 1.29 is 28.8 Å². The van der Waals surface area contributed by atoms with E-state index in [4.69, 9.17) is 18.9 Å². The Morgan fingerprint density at radius 3 is 2.41 bits per heavy atom. The Balaban J connectivity index is 1.40. The predicted molar refractivity (Wildman–Crippen MR) is 152 cm³/mol. The largest absolute Gasteiger partial charge is 0.507 e. The fourth-order valence-corrected chi connectivity index (χ4v) is 4.78. The molecule has 0 aliphatic heterocycles. The monoisotopic (exact) mass is 547 g/mol. The minimum Gasteiger partial charge on any atom is -0.507 e. The molecular weight excluding hydrogens is 514 g/mol. The smallest absolute Gasteiger partial charge is 0.341 e. The predicted octanol–water partition coefficient (Wildman–Crippen LogP) is 7.46. The molecule has 4 rings (SSSR count). The van der Waals surface area contributed by atoms with Gasteiger partial charge in [-0.15, -0.1) is 11.3 Å². The minimum atomic E-state index is -0.452. The fraction of sp³-hybridized carbons (Fsp3) is 0.290. The van der Waals surface area contributed by atoms with Crippen LogP contribution in [0, 0.1) is 0 Å². The van der Waals surface area contributed by atoms with Crippen LogP contribution >= 0.6 is 11.3 Å². The standard InChI is InChI=1S/C31H33NO6S/c1-4-10-22-27(13-8-14-28(22)38-29-12-7-6-11-23(29)31(34)35-3)36-15-9-16-37-30-18-26(33)24(17-21(30)5-2)25-19-39-20-32-25/h6-8,11-14,17-20,33H,4-5,9-10,15-16H2,1-3H3. The molecule has 0 spiro atoms. The molecule has 8 heteroatoms. The van der Waals surface area contributed by atoms with Crippen molar-refractivity contribution in [1.82, 2.24) is 4.98 Å². The lowest BCUT2D eigenvalue weighted by Crippen LogP contribution is -2.08. The second-order valence-corrected chi connectivity index (χ2v) is 9.55. The number of ether oxygens (including phenoxy) is 4. The number of phenolic OH excluding ortho intramolecular Hbond substituents is 1. The van der Waals surface area contributed by atoms with E-state index >= 15 is 0 Å². The number of benzene rings is 3. The number of aryl methyl sites for hydroxylation is 1. The van der Waals surface area contributed by atoms with E-state index in [1.807, 2.05) is 35.7 Å². The summed E-state index contributed by atoms with van der Waals surface area (Å²) in [7, 11) is 1.35. The van der Waals surface area contributed by atoms with Crippen LogP contribution in [0.25, 0.3) is 11.3 Å². The maximum Gasteiger partial charge on any atom is 0.341 e. The summed E-state index contributed by atoms with van der Waals surface area (Å²) in [5.74, 6) is 2.18. The van der Waals surface area contributed by atoms with Crippen LogP contribution < -0.4 is 14.2 Å². The molecule has 39 heavy (non-hydrogen) atoms. The molecule has 0 bridgehead atoms. The van der Waals surface area contributed by atoms with Crippen LogP contribution in [0.1, 0.15) is 48.2 Å². The first kappa shape index (κ1) is 28.0. The van der Waals surface area contributed by atoms with Gasteiger partial charge in [-0.05, 0) is 48.7 Å². The van der Waals surface area contributed by atoms with Crippen molar-refractivity contribution in [3.05, 3.63) is 82.2 Å². The van der Waals surface area contributed by atoms with Gasteiger partial charge in [-0.25, -0.2) is 9.78 Å². The van der Waals surface area contributed by atoms with Gasteiger partial charge in [-0.3, -0.25) is 0 Å². The summed E-state index contributed by atoms with van der Waals surface area (Å²) in [5.41, 5.74) is 5.54. The summed E-state index contributed by atoms with van der Waals surface area (Å²) in [6.07, 6.45) is 3.08. The van der Waals surface area contributed by atoms with Crippen molar-refractivity contribution in [2.24, 2.45) is 0 Å². The number of phenols is 1. The molecule has 0 saturated carbocycles. The molecule has 0 saturated heterocycles. The molecule has 7 nitrogen and oxygen atoms in total. The first-order chi connectivity index (χ1) is 19.0. The number of carbonyl (C=O) groups excluding carboxylic acids is 1. The molecule has 0 radical (unpaired) electrons. The maximum atomic E-state index is 12.2. The molecule has 3 aromatic carbocycles. The zero-order valence-corrected chi connectivity index (χ0v) is 23.3. The molecular formula is C31H33NO6S. The van der Waals surface area contributed by atoms with Gasteiger partial charge in [0, 0.05) is 29.0 Å². The van der Waals surface area contributed by atoms with E-state index in [1.165, 1.54) is 18.4 Å². The van der Waals surface area contributed by atoms with E-state index < -0.39 is 5.97 Å². The van der Waals surface area contributed by atoms with E-state index in [0.29, 0.717) is 48.0 Å². The third-order valence-corrected chi connectivity index (χ3v) is 6.76. The van der Waals surface area contributed by atoms with Gasteiger partial charge in [0.15, 0.2) is 0 Å². The highest BCUT2D eigenvalue weighted by atomic mass is 32.1. The number of aromatic hydroxyl groups is 1. The lowest BCUT2D eigenvalue weighted by Gasteiger charge is -2.17. The van der Waals surface area contributed by atoms with Gasteiger partial charge in [0.1, 0.15) is 34.3 Å². The van der Waals surface area contributed by atoms with Gasteiger partial charge in [-0.2, -0.15) is 0 Å². The number of methoxy groups -OCH3 is 1. The van der Waals surface area contributed by atoms with Crippen LogP contribution in [-0.2, 0) is 17.6 Å². The first-order valence-corrected chi connectivity index (χ1v) is 14.0. The van der Waals surface area contributed by atoms with Gasteiger partial charge in [0.05, 0.1) is 31.5 Å². The van der Waals surface area contributed by atoms with Crippen molar-refractivity contribution in [3.63, 3.8) is 0 Å². The Bertz CT molecular complexity index is 1390. The van der Waals surface area contributed by atoms with Crippen LogP contribution in [0.4, 0.5) is 0 Å². The molecule has 1 heterocycles. The van der Waals surface area contributed by atoms with Crippen LogP contribution in [0.5, 0.6) is 28.7 Å². The summed E-state index contributed by atoms with van der Waals surface area (Å²) in [6, 6.07) is 16.3. The molecule has 0 aliphatic rings. The van der Waals surface area contributed by atoms with Crippen molar-refractivity contribution in [2.45, 2.75) is 39.5 Å². The van der Waals surface area contributed by atoms with E-state index in [-0.39, 0.29) is 5.75 Å². The van der Waals surface area contributed by atoms with Gasteiger partial charge >= 0.3 is 5.97 Å². The summed E-state index contributed by atoms with van der Waals surface area (Å²) >= 11 is 1.49. The number of aromatic nitrogens is 1. The maximum absolute atomic E-state index is 12.2. The van der Waals surface area contributed by atoms with E-state index in [0.717, 1.165) is 41.8 Å². The summed E-state index contributed by atoms with van der Waals surface area (Å²) in [4.78, 5) is 16.5. The van der Waals surface area contributed by atoms with Crippen molar-refractivity contribution >= 4 is 17.3 Å². The molecule has 0 amide bonds. The molecule has 0 aliphatic carbocycles. The molecule has 0 atom stereocenters. The van der Waals surface area contributed by atoms with Gasteiger partial charge in [0.25, 0.3) is 0 Å². The van der Waals surface area contributed by atoms with Gasteiger partial charge in [0.2, 0.25) is 0 Å². The Hall–Kier alpha value is -4.04. The number of thiazole rings is 1. The highest BCUT2D eigenvalue weighted by Gasteiger charge is 2.17. The Morgan fingerprint density at radius 2 is 1.69 bits per heavy atom. The summed E-state index contributed by atoms with van der Waals surface area (Å²) in [6.45, 7) is 5.04. The zero-order chi connectivity index (χ0) is 27.6. The fourth-order valence-electron chi connectivity index (χ4n) is 4.22. The molecule has 1 N–H and O–H groups in total. The van der Waals surface area contributed by atoms with Crippen molar-refractivity contribution in [1.29, 1.82) is 0 Å². The molecule has 4 aromatic rings. The Labute approximate surface area is 233 Å². The third-order valence-electron chi connectivity index (χ3n) is 6.17. The van der Waals surface area contributed by atoms with Crippen LogP contribution in [-0.4, -0.2) is 36.4 Å². The average Bonchev–Trinajstić information content (AvgIpc) is 3.49. The molecule has 0 unspecified atom stereocenters. The third kappa shape index (κ3) is 6.89. The normalized spacial score (nSPS) is 10.7. The van der Waals surface area contributed by atoms with Crippen LogP contribution in [0.3, 0.4) is 0 Å². The number of carbonyl (C=O) groups is 1. The first-order valence-electron chi connectivity index (χ1n) is 13.0. The number of esters is 1.